The Bertz CT molecular complexity index is 2010. The second-order valence-electron chi connectivity index (χ2n) is 9.74. The zero-order chi connectivity index (χ0) is 31.7. The fourth-order valence-corrected chi connectivity index (χ4v) is 6.55. The molecular weight excluding hydrogens is 654 g/mol. The number of thiazole rings is 1. The highest BCUT2D eigenvalue weighted by Crippen LogP contribution is 2.41. The first-order chi connectivity index (χ1) is 21.1. The Balaban J connectivity index is 1.68. The number of nitro benzene ring substituents is 1. The number of allylic oxidation sites excluding steroid dienone is 1. The number of nitrogens with zero attached hydrogens (tertiary/aromatic N) is 3. The van der Waals surface area contributed by atoms with Gasteiger partial charge in [0.2, 0.25) is 0 Å². The number of methoxy groups -OCH3 is 1. The highest BCUT2D eigenvalue weighted by molar-refractivity contribution is 9.10. The summed E-state index contributed by atoms with van der Waals surface area (Å²) in [5, 5.41) is 11.7. The summed E-state index contributed by atoms with van der Waals surface area (Å²) in [4.78, 5) is 43.5. The predicted octanol–water partition coefficient (Wildman–Crippen LogP) is 5.44. The third kappa shape index (κ3) is 5.72. The lowest BCUT2D eigenvalue weighted by atomic mass is 9.95. The van der Waals surface area contributed by atoms with Gasteiger partial charge in [0.05, 0.1) is 52.7 Å². The minimum absolute atomic E-state index is 0.0800. The van der Waals surface area contributed by atoms with E-state index in [2.05, 4.69) is 20.9 Å². The first-order valence-corrected chi connectivity index (χ1v) is 15.2. The highest BCUT2D eigenvalue weighted by atomic mass is 79.9. The molecule has 0 unspecified atom stereocenters. The van der Waals surface area contributed by atoms with Crippen molar-refractivity contribution in [2.45, 2.75) is 33.7 Å². The van der Waals surface area contributed by atoms with Crippen LogP contribution in [0, 0.1) is 17.0 Å². The molecule has 1 aliphatic heterocycles. The molecule has 3 heterocycles. The van der Waals surface area contributed by atoms with Gasteiger partial charge in [0, 0.05) is 16.6 Å². The van der Waals surface area contributed by atoms with Crippen LogP contribution in [-0.4, -0.2) is 35.8 Å². The van der Waals surface area contributed by atoms with Crippen LogP contribution in [0.5, 0.6) is 11.5 Å². The molecule has 4 aromatic rings. The van der Waals surface area contributed by atoms with Gasteiger partial charge in [-0.3, -0.25) is 19.5 Å². The number of carbonyl (C=O) groups is 1. The van der Waals surface area contributed by atoms with Gasteiger partial charge in [0.1, 0.15) is 11.5 Å². The van der Waals surface area contributed by atoms with Crippen LogP contribution in [0.1, 0.15) is 43.7 Å². The first kappa shape index (κ1) is 31.0. The minimum atomic E-state index is -0.895. The highest BCUT2D eigenvalue weighted by Gasteiger charge is 2.35. The van der Waals surface area contributed by atoms with Crippen LogP contribution in [0.15, 0.2) is 72.4 Å². The monoisotopic (exact) mass is 681 g/mol. The van der Waals surface area contributed by atoms with E-state index in [4.69, 9.17) is 18.6 Å². The summed E-state index contributed by atoms with van der Waals surface area (Å²) in [6, 6.07) is 10.7. The van der Waals surface area contributed by atoms with Crippen molar-refractivity contribution in [3.8, 4) is 22.8 Å². The standard InChI is InChI=1S/C31H28BrN3O8S/c1-6-41-25-15-21(32)20(14-24(25)40-5)28-27(30(37)42-7-2)17(4)33-31-34(28)29(36)26(44-31)13-18-9-11-23(43-18)19-10-8-16(3)12-22(19)35(38)39/h8-15,28H,6-7H2,1-5H3/b26-13+/t28-/m1/s1. The molecule has 13 heteroatoms. The first-order valence-electron chi connectivity index (χ1n) is 13.6. The summed E-state index contributed by atoms with van der Waals surface area (Å²) in [7, 11) is 1.51. The number of furan rings is 1. The van der Waals surface area contributed by atoms with Crippen LogP contribution in [-0.2, 0) is 9.53 Å². The summed E-state index contributed by atoms with van der Waals surface area (Å²) in [5.74, 6) is 0.946. The van der Waals surface area contributed by atoms with Crippen LogP contribution in [0.25, 0.3) is 17.4 Å². The number of aromatic nitrogens is 1. The molecule has 0 saturated carbocycles. The maximum Gasteiger partial charge on any atom is 0.338 e. The average molecular weight is 683 g/mol. The zero-order valence-electron chi connectivity index (χ0n) is 24.5. The van der Waals surface area contributed by atoms with Crippen LogP contribution < -0.4 is 24.4 Å². The van der Waals surface area contributed by atoms with E-state index in [1.165, 1.54) is 17.7 Å². The summed E-state index contributed by atoms with van der Waals surface area (Å²) in [6.45, 7) is 7.58. The van der Waals surface area contributed by atoms with Gasteiger partial charge < -0.3 is 18.6 Å². The Labute approximate surface area is 264 Å². The molecule has 2 aromatic carbocycles. The number of nitro groups is 1. The maximum atomic E-state index is 14.0. The summed E-state index contributed by atoms with van der Waals surface area (Å²) < 4.78 is 25.0. The number of aryl methyl sites for hydroxylation is 1. The largest absolute Gasteiger partial charge is 0.493 e. The molecule has 44 heavy (non-hydrogen) atoms. The van der Waals surface area contributed by atoms with Gasteiger partial charge in [-0.2, -0.15) is 0 Å². The van der Waals surface area contributed by atoms with Crippen LogP contribution in [0.3, 0.4) is 0 Å². The number of esters is 1. The Kier molecular flexibility index (Phi) is 8.88. The molecular formula is C31H28BrN3O8S. The molecule has 0 aliphatic carbocycles. The number of hydrogen-bond acceptors (Lipinski definition) is 10. The normalized spacial score (nSPS) is 14.7. The Morgan fingerprint density at radius 3 is 2.61 bits per heavy atom. The Morgan fingerprint density at radius 2 is 1.93 bits per heavy atom. The van der Waals surface area contributed by atoms with E-state index in [0.29, 0.717) is 60.3 Å². The third-order valence-corrected chi connectivity index (χ3v) is 8.58. The molecule has 0 spiro atoms. The van der Waals surface area contributed by atoms with Crippen molar-refractivity contribution >= 4 is 45.0 Å². The molecule has 5 rings (SSSR count). The average Bonchev–Trinajstić information content (AvgIpc) is 3.56. The van der Waals surface area contributed by atoms with Gasteiger partial charge >= 0.3 is 5.97 Å². The van der Waals surface area contributed by atoms with E-state index in [-0.39, 0.29) is 17.9 Å². The van der Waals surface area contributed by atoms with Gasteiger partial charge in [-0.25, -0.2) is 9.79 Å². The maximum absolute atomic E-state index is 14.0. The summed E-state index contributed by atoms with van der Waals surface area (Å²) >= 11 is 4.74. The molecule has 1 atom stereocenters. The van der Waals surface area contributed by atoms with Gasteiger partial charge in [-0.05, 0) is 69.2 Å². The van der Waals surface area contributed by atoms with Crippen molar-refractivity contribution in [3.05, 3.63) is 105 Å². The lowest BCUT2D eigenvalue weighted by Crippen LogP contribution is -2.40. The second kappa shape index (κ2) is 12.6. The van der Waals surface area contributed by atoms with Crippen LogP contribution >= 0.6 is 27.3 Å². The fourth-order valence-electron chi connectivity index (χ4n) is 4.98. The van der Waals surface area contributed by atoms with Crippen molar-refractivity contribution in [1.29, 1.82) is 0 Å². The lowest BCUT2D eigenvalue weighted by molar-refractivity contribution is -0.384. The Morgan fingerprint density at radius 1 is 1.16 bits per heavy atom. The number of hydrogen-bond donors (Lipinski definition) is 0. The molecule has 0 saturated heterocycles. The SMILES string of the molecule is CCOC(=O)C1=C(C)N=c2s/c(=C/c3ccc(-c4ccc(C)cc4[N+](=O)[O-])o3)c(=O)n2[C@@H]1c1cc(OC)c(OCC)cc1Br. The zero-order valence-corrected chi connectivity index (χ0v) is 26.9. The van der Waals surface area contributed by atoms with E-state index in [1.807, 2.05) is 6.92 Å². The van der Waals surface area contributed by atoms with Crippen molar-refractivity contribution in [2.75, 3.05) is 20.3 Å². The molecule has 2 aromatic heterocycles. The third-order valence-electron chi connectivity index (χ3n) is 6.91. The van der Waals surface area contributed by atoms with E-state index in [9.17, 15) is 19.7 Å². The fraction of sp³-hybridized carbons (Fsp3) is 0.258. The van der Waals surface area contributed by atoms with E-state index < -0.39 is 22.5 Å². The Hall–Kier alpha value is -4.49. The number of benzene rings is 2. The number of halogens is 1. The van der Waals surface area contributed by atoms with Gasteiger partial charge in [-0.15, -0.1) is 0 Å². The van der Waals surface area contributed by atoms with Gasteiger partial charge in [0.25, 0.3) is 11.2 Å². The topological polar surface area (TPSA) is 135 Å². The van der Waals surface area contributed by atoms with Crippen molar-refractivity contribution in [1.82, 2.24) is 4.57 Å². The number of ether oxygens (including phenoxy) is 3. The van der Waals surface area contributed by atoms with Gasteiger partial charge in [-0.1, -0.05) is 33.3 Å². The minimum Gasteiger partial charge on any atom is -0.493 e. The van der Waals surface area contributed by atoms with E-state index in [0.717, 1.165) is 16.9 Å². The van der Waals surface area contributed by atoms with E-state index >= 15 is 0 Å². The van der Waals surface area contributed by atoms with E-state index in [1.54, 1.807) is 63.2 Å². The van der Waals surface area contributed by atoms with Crippen LogP contribution in [0.4, 0.5) is 5.69 Å². The van der Waals surface area contributed by atoms with Gasteiger partial charge in [0.15, 0.2) is 16.3 Å². The quantitative estimate of drug-likeness (QED) is 0.129. The van der Waals surface area contributed by atoms with Crippen molar-refractivity contribution in [3.63, 3.8) is 0 Å². The summed E-state index contributed by atoms with van der Waals surface area (Å²) in [5.41, 5.74) is 1.78. The molecule has 0 fully saturated rings. The summed E-state index contributed by atoms with van der Waals surface area (Å²) in [6.07, 6.45) is 1.56. The molecule has 0 bridgehead atoms. The number of fused-ring (bicyclic) bond motifs is 1. The number of rotatable bonds is 9. The molecule has 11 nitrogen and oxygen atoms in total. The van der Waals surface area contributed by atoms with Crippen molar-refractivity contribution in [2.24, 2.45) is 4.99 Å². The molecule has 0 amide bonds. The van der Waals surface area contributed by atoms with Crippen LogP contribution in [0.2, 0.25) is 0 Å². The number of carbonyl (C=O) groups excluding carboxylic acids is 1. The van der Waals surface area contributed by atoms with Crippen molar-refractivity contribution < 1.29 is 28.3 Å². The predicted molar refractivity (Wildman–Crippen MR) is 168 cm³/mol. The second-order valence-corrected chi connectivity index (χ2v) is 11.6. The molecule has 1 aliphatic rings. The smallest absolute Gasteiger partial charge is 0.338 e. The molecule has 0 N–H and O–H groups in total. The lowest BCUT2D eigenvalue weighted by Gasteiger charge is -2.26. The molecule has 0 radical (unpaired) electrons. The molecule has 228 valence electrons.